The Morgan fingerprint density at radius 1 is 0.944 bits per heavy atom. The quantitative estimate of drug-likeness (QED) is 0.579. The fraction of sp³-hybridized carbons (Fsp3) is 0.0769. The normalized spacial score (nSPS) is 10.4. The summed E-state index contributed by atoms with van der Waals surface area (Å²) in [6, 6.07) is 12.0. The highest BCUT2D eigenvalue weighted by atomic mass is 79.9. The van der Waals surface area contributed by atoms with Crippen LogP contribution in [0.15, 0.2) is 49.8 Å². The van der Waals surface area contributed by atoms with Crippen LogP contribution in [0.4, 0.5) is 5.69 Å². The summed E-state index contributed by atoms with van der Waals surface area (Å²) in [6.07, 6.45) is 0. The molecule has 0 unspecified atom stereocenters. The highest BCUT2D eigenvalue weighted by Gasteiger charge is 2.02. The van der Waals surface area contributed by atoms with E-state index in [1.165, 1.54) is 5.56 Å². The van der Waals surface area contributed by atoms with Crippen molar-refractivity contribution in [2.45, 2.75) is 6.54 Å². The second kappa shape index (κ2) is 6.42. The van der Waals surface area contributed by atoms with Crippen LogP contribution in [-0.2, 0) is 6.54 Å². The van der Waals surface area contributed by atoms with Gasteiger partial charge < -0.3 is 5.32 Å². The van der Waals surface area contributed by atoms with E-state index in [1.807, 2.05) is 24.3 Å². The molecular formula is C13H9Br3ClN. The van der Waals surface area contributed by atoms with E-state index in [1.54, 1.807) is 0 Å². The molecule has 0 bridgehead atoms. The molecule has 0 radical (unpaired) electrons. The fourth-order valence-electron chi connectivity index (χ4n) is 1.48. The molecule has 0 saturated heterocycles. The lowest BCUT2D eigenvalue weighted by molar-refractivity contribution is 1.14. The van der Waals surface area contributed by atoms with Crippen molar-refractivity contribution >= 4 is 65.1 Å². The Morgan fingerprint density at radius 2 is 1.72 bits per heavy atom. The van der Waals surface area contributed by atoms with Crippen molar-refractivity contribution in [1.29, 1.82) is 0 Å². The summed E-state index contributed by atoms with van der Waals surface area (Å²) >= 11 is 16.5. The number of benzene rings is 2. The minimum absolute atomic E-state index is 0.709. The van der Waals surface area contributed by atoms with E-state index in [4.69, 9.17) is 11.6 Å². The van der Waals surface area contributed by atoms with E-state index in [0.717, 1.165) is 25.7 Å². The molecule has 0 saturated carbocycles. The summed E-state index contributed by atoms with van der Waals surface area (Å²) < 4.78 is 3.07. The fourth-order valence-corrected chi connectivity index (χ4v) is 2.89. The van der Waals surface area contributed by atoms with Crippen molar-refractivity contribution in [3.63, 3.8) is 0 Å². The summed E-state index contributed by atoms with van der Waals surface area (Å²) in [7, 11) is 0. The predicted molar refractivity (Wildman–Crippen MR) is 88.3 cm³/mol. The maximum absolute atomic E-state index is 6.14. The molecule has 1 nitrogen and oxygen atoms in total. The zero-order chi connectivity index (χ0) is 13.1. The van der Waals surface area contributed by atoms with Crippen LogP contribution in [0.5, 0.6) is 0 Å². The van der Waals surface area contributed by atoms with Crippen LogP contribution in [0.1, 0.15) is 5.56 Å². The SMILES string of the molecule is Clc1cc(Br)ccc1NCc1ccc(Br)c(Br)c1. The van der Waals surface area contributed by atoms with Crippen LogP contribution in [0.25, 0.3) is 0 Å². The lowest BCUT2D eigenvalue weighted by atomic mass is 10.2. The van der Waals surface area contributed by atoms with Crippen molar-refractivity contribution in [3.05, 3.63) is 60.4 Å². The van der Waals surface area contributed by atoms with Crippen LogP contribution in [0, 0.1) is 0 Å². The molecule has 0 aliphatic carbocycles. The number of hydrogen-bond acceptors (Lipinski definition) is 1. The summed E-state index contributed by atoms with van der Waals surface area (Å²) in [5.74, 6) is 0. The molecule has 0 aliphatic rings. The highest BCUT2D eigenvalue weighted by Crippen LogP contribution is 2.27. The molecule has 2 aromatic carbocycles. The van der Waals surface area contributed by atoms with E-state index in [-0.39, 0.29) is 0 Å². The average molecular weight is 454 g/mol. The first kappa shape index (κ1) is 14.4. The molecule has 2 aromatic rings. The van der Waals surface area contributed by atoms with E-state index >= 15 is 0 Å². The molecule has 94 valence electrons. The van der Waals surface area contributed by atoms with Crippen LogP contribution >= 0.6 is 59.4 Å². The average Bonchev–Trinajstić information content (AvgIpc) is 2.32. The van der Waals surface area contributed by atoms with Gasteiger partial charge in [0.05, 0.1) is 10.7 Å². The summed E-state index contributed by atoms with van der Waals surface area (Å²) in [6.45, 7) is 0.729. The molecule has 18 heavy (non-hydrogen) atoms. The Labute approximate surface area is 136 Å². The van der Waals surface area contributed by atoms with Crippen molar-refractivity contribution in [2.75, 3.05) is 5.32 Å². The van der Waals surface area contributed by atoms with Crippen molar-refractivity contribution < 1.29 is 0 Å². The van der Waals surface area contributed by atoms with Crippen LogP contribution in [0.2, 0.25) is 5.02 Å². The van der Waals surface area contributed by atoms with Gasteiger partial charge in [0.15, 0.2) is 0 Å². The van der Waals surface area contributed by atoms with Crippen molar-refractivity contribution in [2.24, 2.45) is 0 Å². The van der Waals surface area contributed by atoms with E-state index in [9.17, 15) is 0 Å². The van der Waals surface area contributed by atoms with Gasteiger partial charge in [0, 0.05) is 20.0 Å². The first-order valence-electron chi connectivity index (χ1n) is 5.19. The lowest BCUT2D eigenvalue weighted by Crippen LogP contribution is -1.99. The van der Waals surface area contributed by atoms with Gasteiger partial charge in [-0.2, -0.15) is 0 Å². The standard InChI is InChI=1S/C13H9Br3ClN/c14-9-2-4-13(12(17)6-9)18-7-8-1-3-10(15)11(16)5-8/h1-6,18H,7H2. The van der Waals surface area contributed by atoms with Crippen molar-refractivity contribution in [3.8, 4) is 0 Å². The molecule has 0 aromatic heterocycles. The maximum atomic E-state index is 6.14. The highest BCUT2D eigenvalue weighted by molar-refractivity contribution is 9.13. The third-order valence-electron chi connectivity index (χ3n) is 2.40. The molecule has 0 amide bonds. The Kier molecular flexibility index (Phi) is 5.13. The molecule has 0 heterocycles. The van der Waals surface area contributed by atoms with Gasteiger partial charge in [-0.1, -0.05) is 33.6 Å². The van der Waals surface area contributed by atoms with Gasteiger partial charge in [-0.3, -0.25) is 0 Å². The van der Waals surface area contributed by atoms with Crippen LogP contribution < -0.4 is 5.32 Å². The van der Waals surface area contributed by atoms with Crippen molar-refractivity contribution in [1.82, 2.24) is 0 Å². The number of anilines is 1. The second-order valence-corrected chi connectivity index (χ2v) is 6.76. The lowest BCUT2D eigenvalue weighted by Gasteiger charge is -2.09. The van der Waals surface area contributed by atoms with Gasteiger partial charge in [-0.15, -0.1) is 0 Å². The molecule has 0 aliphatic heterocycles. The largest absolute Gasteiger partial charge is 0.380 e. The summed E-state index contributed by atoms with van der Waals surface area (Å²) in [5, 5.41) is 4.02. The Balaban J connectivity index is 2.09. The molecule has 1 N–H and O–H groups in total. The monoisotopic (exact) mass is 451 g/mol. The minimum Gasteiger partial charge on any atom is -0.380 e. The zero-order valence-electron chi connectivity index (χ0n) is 9.18. The number of nitrogens with one attached hydrogen (secondary N) is 1. The number of hydrogen-bond donors (Lipinski definition) is 1. The van der Waals surface area contributed by atoms with E-state index in [2.05, 4.69) is 65.2 Å². The van der Waals surface area contributed by atoms with Crippen LogP contribution in [0.3, 0.4) is 0 Å². The number of rotatable bonds is 3. The third-order valence-corrected chi connectivity index (χ3v) is 5.08. The Morgan fingerprint density at radius 3 is 2.39 bits per heavy atom. The van der Waals surface area contributed by atoms with E-state index in [0.29, 0.717) is 5.02 Å². The number of halogens is 4. The minimum atomic E-state index is 0.709. The first-order valence-corrected chi connectivity index (χ1v) is 7.95. The van der Waals surface area contributed by atoms with Gasteiger partial charge in [-0.05, 0) is 67.8 Å². The topological polar surface area (TPSA) is 12.0 Å². The third kappa shape index (κ3) is 3.73. The Bertz CT molecular complexity index is 572. The van der Waals surface area contributed by atoms with Gasteiger partial charge in [0.1, 0.15) is 0 Å². The zero-order valence-corrected chi connectivity index (χ0v) is 14.7. The molecule has 0 atom stereocenters. The van der Waals surface area contributed by atoms with Gasteiger partial charge in [0.2, 0.25) is 0 Å². The maximum Gasteiger partial charge on any atom is 0.0648 e. The summed E-state index contributed by atoms with van der Waals surface area (Å²) in [5.41, 5.74) is 2.11. The van der Waals surface area contributed by atoms with Gasteiger partial charge in [-0.25, -0.2) is 0 Å². The molecular weight excluding hydrogens is 445 g/mol. The predicted octanol–water partition coefficient (Wildman–Crippen LogP) is 6.24. The molecule has 0 spiro atoms. The first-order chi connectivity index (χ1) is 8.56. The summed E-state index contributed by atoms with van der Waals surface area (Å²) in [4.78, 5) is 0. The van der Waals surface area contributed by atoms with Crippen LogP contribution in [-0.4, -0.2) is 0 Å². The molecule has 2 rings (SSSR count). The Hall–Kier alpha value is -0.0300. The van der Waals surface area contributed by atoms with Gasteiger partial charge >= 0.3 is 0 Å². The van der Waals surface area contributed by atoms with Gasteiger partial charge in [0.25, 0.3) is 0 Å². The van der Waals surface area contributed by atoms with E-state index < -0.39 is 0 Å². The smallest absolute Gasteiger partial charge is 0.0648 e. The molecule has 5 heteroatoms. The molecule has 0 fully saturated rings. The second-order valence-electron chi connectivity index (χ2n) is 3.73.